The van der Waals surface area contributed by atoms with Gasteiger partial charge in [-0.25, -0.2) is 4.98 Å². The van der Waals surface area contributed by atoms with E-state index in [0.29, 0.717) is 19.1 Å². The molecule has 0 radical (unpaired) electrons. The zero-order chi connectivity index (χ0) is 12.3. The number of unbranched alkanes of at least 4 members (excludes halogenated alkanes) is 1. The third-order valence-corrected chi connectivity index (χ3v) is 2.30. The van der Waals surface area contributed by atoms with Gasteiger partial charge >= 0.3 is 0 Å². The van der Waals surface area contributed by atoms with Gasteiger partial charge in [0.05, 0.1) is 6.61 Å². The van der Waals surface area contributed by atoms with E-state index in [1.807, 2.05) is 19.2 Å². The quantitative estimate of drug-likeness (QED) is 0.668. The highest BCUT2D eigenvalue weighted by atomic mass is 16.5. The SMILES string of the molecule is CCCCOCCOc1cc(CNC)ccn1. The van der Waals surface area contributed by atoms with Crippen LogP contribution in [0.5, 0.6) is 5.88 Å². The molecular weight excluding hydrogens is 216 g/mol. The van der Waals surface area contributed by atoms with Crippen molar-refractivity contribution in [1.29, 1.82) is 0 Å². The van der Waals surface area contributed by atoms with Gasteiger partial charge in [0.15, 0.2) is 0 Å². The van der Waals surface area contributed by atoms with Crippen molar-refractivity contribution in [3.05, 3.63) is 23.9 Å². The Morgan fingerprint density at radius 3 is 2.94 bits per heavy atom. The fourth-order valence-corrected chi connectivity index (χ4v) is 1.40. The Morgan fingerprint density at radius 1 is 1.29 bits per heavy atom. The number of rotatable bonds is 9. The zero-order valence-electron chi connectivity index (χ0n) is 10.7. The van der Waals surface area contributed by atoms with Gasteiger partial charge in [-0.1, -0.05) is 13.3 Å². The second kappa shape index (κ2) is 8.96. The van der Waals surface area contributed by atoms with Crippen molar-refractivity contribution in [1.82, 2.24) is 10.3 Å². The summed E-state index contributed by atoms with van der Waals surface area (Å²) in [6, 6.07) is 3.92. The molecule has 0 fully saturated rings. The molecule has 1 aromatic heterocycles. The summed E-state index contributed by atoms with van der Waals surface area (Å²) in [5.41, 5.74) is 1.17. The molecule has 0 saturated heterocycles. The summed E-state index contributed by atoms with van der Waals surface area (Å²) in [5, 5.41) is 3.09. The van der Waals surface area contributed by atoms with Crippen molar-refractivity contribution >= 4 is 0 Å². The molecule has 0 aliphatic heterocycles. The molecular formula is C13H22N2O2. The molecule has 0 aliphatic rings. The average molecular weight is 238 g/mol. The van der Waals surface area contributed by atoms with Crippen molar-refractivity contribution in [2.24, 2.45) is 0 Å². The Morgan fingerprint density at radius 2 is 2.18 bits per heavy atom. The first-order valence-electron chi connectivity index (χ1n) is 6.17. The van der Waals surface area contributed by atoms with E-state index in [4.69, 9.17) is 9.47 Å². The van der Waals surface area contributed by atoms with Crippen LogP contribution >= 0.6 is 0 Å². The maximum absolute atomic E-state index is 5.51. The molecule has 1 rings (SSSR count). The van der Waals surface area contributed by atoms with E-state index in [1.54, 1.807) is 6.20 Å². The summed E-state index contributed by atoms with van der Waals surface area (Å²) in [6.07, 6.45) is 4.03. The fourth-order valence-electron chi connectivity index (χ4n) is 1.40. The Hall–Kier alpha value is -1.13. The third kappa shape index (κ3) is 6.24. The largest absolute Gasteiger partial charge is 0.475 e. The van der Waals surface area contributed by atoms with Gasteiger partial charge in [0.1, 0.15) is 6.61 Å². The van der Waals surface area contributed by atoms with Gasteiger partial charge in [0.2, 0.25) is 5.88 Å². The molecule has 96 valence electrons. The predicted octanol–water partition coefficient (Wildman–Crippen LogP) is 2.00. The van der Waals surface area contributed by atoms with Crippen molar-refractivity contribution in [2.75, 3.05) is 26.9 Å². The van der Waals surface area contributed by atoms with Crippen LogP contribution in [0.15, 0.2) is 18.3 Å². The number of pyridine rings is 1. The van der Waals surface area contributed by atoms with Crippen LogP contribution in [-0.4, -0.2) is 31.9 Å². The minimum atomic E-state index is 0.555. The molecule has 4 nitrogen and oxygen atoms in total. The minimum Gasteiger partial charge on any atom is -0.475 e. The van der Waals surface area contributed by atoms with Crippen molar-refractivity contribution in [3.63, 3.8) is 0 Å². The Labute approximate surface area is 103 Å². The normalized spacial score (nSPS) is 10.5. The second-order valence-corrected chi connectivity index (χ2v) is 3.85. The number of hydrogen-bond acceptors (Lipinski definition) is 4. The summed E-state index contributed by atoms with van der Waals surface area (Å²) >= 11 is 0. The lowest BCUT2D eigenvalue weighted by atomic mass is 10.3. The van der Waals surface area contributed by atoms with E-state index in [2.05, 4.69) is 17.2 Å². The lowest BCUT2D eigenvalue weighted by Crippen LogP contribution is -2.09. The monoisotopic (exact) mass is 238 g/mol. The molecule has 4 heteroatoms. The second-order valence-electron chi connectivity index (χ2n) is 3.85. The molecule has 0 aliphatic carbocycles. The molecule has 0 aromatic carbocycles. The summed E-state index contributed by atoms with van der Waals surface area (Å²) in [6.45, 7) is 4.97. The molecule has 1 N–H and O–H groups in total. The number of nitrogens with zero attached hydrogens (tertiary/aromatic N) is 1. The zero-order valence-corrected chi connectivity index (χ0v) is 10.7. The summed E-state index contributed by atoms with van der Waals surface area (Å²) in [7, 11) is 1.92. The molecule has 0 unspecified atom stereocenters. The van der Waals surface area contributed by atoms with E-state index >= 15 is 0 Å². The number of aromatic nitrogens is 1. The highest BCUT2D eigenvalue weighted by molar-refractivity contribution is 5.20. The van der Waals surface area contributed by atoms with Gasteiger partial charge in [-0.15, -0.1) is 0 Å². The van der Waals surface area contributed by atoms with Crippen LogP contribution in [-0.2, 0) is 11.3 Å². The Bertz CT molecular complexity index is 305. The standard InChI is InChI=1S/C13H22N2O2/c1-3-4-7-16-8-9-17-13-10-12(11-14-2)5-6-15-13/h5-6,10,14H,3-4,7-9,11H2,1-2H3. The Kier molecular flexibility index (Phi) is 7.34. The third-order valence-electron chi connectivity index (χ3n) is 2.30. The average Bonchev–Trinajstić information content (AvgIpc) is 2.35. The van der Waals surface area contributed by atoms with Crippen LogP contribution in [0, 0.1) is 0 Å². The maximum Gasteiger partial charge on any atom is 0.213 e. The first-order chi connectivity index (χ1) is 8.36. The first-order valence-corrected chi connectivity index (χ1v) is 6.17. The molecule has 0 atom stereocenters. The van der Waals surface area contributed by atoms with Gasteiger partial charge in [-0.2, -0.15) is 0 Å². The van der Waals surface area contributed by atoms with Crippen molar-refractivity contribution in [2.45, 2.75) is 26.3 Å². The molecule has 0 amide bonds. The van der Waals surface area contributed by atoms with Crippen LogP contribution in [0.3, 0.4) is 0 Å². The molecule has 0 bridgehead atoms. The van der Waals surface area contributed by atoms with Gasteiger partial charge < -0.3 is 14.8 Å². The number of nitrogens with one attached hydrogen (secondary N) is 1. The van der Waals surface area contributed by atoms with E-state index in [0.717, 1.165) is 26.0 Å². The van der Waals surface area contributed by atoms with Crippen LogP contribution in [0.25, 0.3) is 0 Å². The van der Waals surface area contributed by atoms with Crippen LogP contribution < -0.4 is 10.1 Å². The number of hydrogen-bond donors (Lipinski definition) is 1. The van der Waals surface area contributed by atoms with E-state index in [9.17, 15) is 0 Å². The van der Waals surface area contributed by atoms with Gasteiger partial charge in [0.25, 0.3) is 0 Å². The van der Waals surface area contributed by atoms with E-state index in [1.165, 1.54) is 5.56 Å². The van der Waals surface area contributed by atoms with Crippen LogP contribution in [0.4, 0.5) is 0 Å². The van der Waals surface area contributed by atoms with E-state index in [-0.39, 0.29) is 0 Å². The summed E-state index contributed by atoms with van der Waals surface area (Å²) in [4.78, 5) is 4.15. The minimum absolute atomic E-state index is 0.555. The molecule has 0 spiro atoms. The first kappa shape index (κ1) is 13.9. The Balaban J connectivity index is 2.19. The van der Waals surface area contributed by atoms with Gasteiger partial charge in [-0.3, -0.25) is 0 Å². The van der Waals surface area contributed by atoms with Gasteiger partial charge in [-0.05, 0) is 25.1 Å². The van der Waals surface area contributed by atoms with E-state index < -0.39 is 0 Å². The highest BCUT2D eigenvalue weighted by Gasteiger charge is 1.97. The topological polar surface area (TPSA) is 43.4 Å². The maximum atomic E-state index is 5.51. The lowest BCUT2D eigenvalue weighted by molar-refractivity contribution is 0.0965. The summed E-state index contributed by atoms with van der Waals surface area (Å²) < 4.78 is 10.9. The lowest BCUT2D eigenvalue weighted by Gasteiger charge is -2.07. The van der Waals surface area contributed by atoms with Crippen molar-refractivity contribution in [3.8, 4) is 5.88 Å². The molecule has 0 saturated carbocycles. The molecule has 1 aromatic rings. The predicted molar refractivity (Wildman–Crippen MR) is 68.2 cm³/mol. The van der Waals surface area contributed by atoms with Crippen molar-refractivity contribution < 1.29 is 9.47 Å². The highest BCUT2D eigenvalue weighted by Crippen LogP contribution is 2.08. The van der Waals surface area contributed by atoms with Crippen LogP contribution in [0.2, 0.25) is 0 Å². The smallest absolute Gasteiger partial charge is 0.213 e. The number of ether oxygens (including phenoxy) is 2. The molecule has 1 heterocycles. The van der Waals surface area contributed by atoms with Crippen LogP contribution in [0.1, 0.15) is 25.3 Å². The summed E-state index contributed by atoms with van der Waals surface area (Å²) in [5.74, 6) is 0.664. The molecule has 17 heavy (non-hydrogen) atoms. The van der Waals surface area contributed by atoms with Gasteiger partial charge in [0, 0.05) is 25.4 Å². The fraction of sp³-hybridized carbons (Fsp3) is 0.615.